The molecule has 3 fully saturated rings. The van der Waals surface area contributed by atoms with Crippen LogP contribution in [0.25, 0.3) is 0 Å². The summed E-state index contributed by atoms with van der Waals surface area (Å²) in [4.78, 5) is 25.0. The molecule has 1 aromatic heterocycles. The van der Waals surface area contributed by atoms with Crippen molar-refractivity contribution >= 4 is 23.5 Å². The molecular formula is C33H46ClF2N5O7. The summed E-state index contributed by atoms with van der Waals surface area (Å²) in [6, 6.07) is 2.25. The van der Waals surface area contributed by atoms with Crippen molar-refractivity contribution in [2.45, 2.75) is 69.4 Å². The lowest BCUT2D eigenvalue weighted by atomic mass is 9.56. The van der Waals surface area contributed by atoms with E-state index in [0.29, 0.717) is 42.6 Å². The molecule has 2 aromatic rings. The van der Waals surface area contributed by atoms with Crippen LogP contribution in [0.5, 0.6) is 5.75 Å². The van der Waals surface area contributed by atoms with Crippen molar-refractivity contribution in [2.24, 2.45) is 17.3 Å². The van der Waals surface area contributed by atoms with Gasteiger partial charge in [-0.3, -0.25) is 4.79 Å². The van der Waals surface area contributed by atoms with Crippen molar-refractivity contribution in [3.05, 3.63) is 46.7 Å². The lowest BCUT2D eigenvalue weighted by Crippen LogP contribution is -2.55. The molecule has 3 heterocycles. The largest absolute Gasteiger partial charge is 0.493 e. The molecule has 2 saturated heterocycles. The zero-order chi connectivity index (χ0) is 34.4. The lowest BCUT2D eigenvalue weighted by molar-refractivity contribution is -0.136. The van der Waals surface area contributed by atoms with Gasteiger partial charge in [0.15, 0.2) is 0 Å². The molecule has 15 heteroatoms. The number of amides is 1. The maximum Gasteiger partial charge on any atom is 0.227 e. The smallest absolute Gasteiger partial charge is 0.227 e. The molecule has 0 radical (unpaired) electrons. The number of carbonyl (C=O) groups excluding carboxylic acids is 1. The van der Waals surface area contributed by atoms with Gasteiger partial charge in [-0.2, -0.15) is 0 Å². The summed E-state index contributed by atoms with van der Waals surface area (Å²) in [7, 11) is 0. The van der Waals surface area contributed by atoms with Crippen molar-refractivity contribution < 1.29 is 43.8 Å². The monoisotopic (exact) mass is 697 g/mol. The van der Waals surface area contributed by atoms with Crippen LogP contribution in [0.3, 0.4) is 0 Å². The number of hydrogen-bond acceptors (Lipinski definition) is 11. The first-order chi connectivity index (χ1) is 23.0. The number of aliphatic hydroxyl groups excluding tert-OH is 5. The van der Waals surface area contributed by atoms with E-state index in [0.717, 1.165) is 56.9 Å². The quantitative estimate of drug-likeness (QED) is 0.140. The van der Waals surface area contributed by atoms with Gasteiger partial charge in [0.25, 0.3) is 0 Å². The predicted molar refractivity (Wildman–Crippen MR) is 172 cm³/mol. The van der Waals surface area contributed by atoms with Gasteiger partial charge in [0.1, 0.15) is 35.7 Å². The Morgan fingerprint density at radius 1 is 1.02 bits per heavy atom. The molecule has 1 amide bonds. The van der Waals surface area contributed by atoms with Crippen LogP contribution in [-0.2, 0) is 11.2 Å². The number of anilines is 1. The number of halogens is 3. The molecular weight excluding hydrogens is 652 g/mol. The molecule has 0 bridgehead atoms. The standard InChI is InChI=1S/C33H46ClF2N5O7/c34-22-14-38-32(39-15-22)40-5-3-33(4-6-40)11-20(12-33)2-1-7-48-23-8-25(35)24(26(36)9-23)10-29(45)41-17-21(18-41)13-37-16-27(43)30(46)31(47)28(44)19-42/h8-9,14-15,20-21,27-28,30-31,37,42-44,46-47H,1-7,10-13,16-19H2. The summed E-state index contributed by atoms with van der Waals surface area (Å²) in [6.07, 6.45) is 2.86. The van der Waals surface area contributed by atoms with Crippen LogP contribution in [0.2, 0.25) is 5.02 Å². The number of benzene rings is 1. The van der Waals surface area contributed by atoms with Gasteiger partial charge in [0, 0.05) is 62.9 Å². The molecule has 1 saturated carbocycles. The molecule has 1 spiro atoms. The van der Waals surface area contributed by atoms with E-state index >= 15 is 0 Å². The fourth-order valence-electron chi connectivity index (χ4n) is 7.11. The third-order valence-corrected chi connectivity index (χ3v) is 10.2. The average molecular weight is 698 g/mol. The van der Waals surface area contributed by atoms with E-state index in [9.17, 15) is 34.0 Å². The van der Waals surface area contributed by atoms with E-state index in [2.05, 4.69) is 20.2 Å². The van der Waals surface area contributed by atoms with Gasteiger partial charge in [0.05, 0.1) is 43.2 Å². The summed E-state index contributed by atoms with van der Waals surface area (Å²) in [5.74, 6) is -0.577. The lowest BCUT2D eigenvalue weighted by Gasteiger charge is -2.52. The van der Waals surface area contributed by atoms with Crippen LogP contribution < -0.4 is 15.0 Å². The third-order valence-electron chi connectivity index (χ3n) is 10.0. The molecule has 4 unspecified atom stereocenters. The van der Waals surface area contributed by atoms with Crippen LogP contribution in [0.15, 0.2) is 24.5 Å². The van der Waals surface area contributed by atoms with Crippen LogP contribution >= 0.6 is 11.6 Å². The van der Waals surface area contributed by atoms with Crippen LogP contribution in [0, 0.1) is 28.9 Å². The Labute approximate surface area is 283 Å². The Hall–Kier alpha value is -2.72. The molecule has 48 heavy (non-hydrogen) atoms. The van der Waals surface area contributed by atoms with Gasteiger partial charge in [-0.25, -0.2) is 18.7 Å². The number of aromatic nitrogens is 2. The number of nitrogens with zero attached hydrogens (tertiary/aromatic N) is 4. The summed E-state index contributed by atoms with van der Waals surface area (Å²) >= 11 is 5.90. The molecule has 3 aliphatic rings. The number of ether oxygens (including phenoxy) is 1. The highest BCUT2D eigenvalue weighted by atomic mass is 35.5. The van der Waals surface area contributed by atoms with Gasteiger partial charge in [-0.15, -0.1) is 0 Å². The molecule has 1 aliphatic carbocycles. The number of rotatable bonds is 16. The number of aliphatic hydroxyl groups is 5. The molecule has 12 nitrogen and oxygen atoms in total. The maximum absolute atomic E-state index is 14.8. The summed E-state index contributed by atoms with van der Waals surface area (Å²) in [5, 5.41) is 51.2. The van der Waals surface area contributed by atoms with Crippen molar-refractivity contribution in [2.75, 3.05) is 57.4 Å². The normalized spacial score (nSPS) is 20.6. The SMILES string of the molecule is O=C(Cc1c(F)cc(OCCCC2CC3(CCN(c4ncc(Cl)cn4)CC3)C2)cc1F)N1CC(CNCC(O)C(O)C(O)C(O)CO)C1. The Kier molecular flexibility index (Phi) is 12.4. The van der Waals surface area contributed by atoms with Crippen molar-refractivity contribution in [1.29, 1.82) is 0 Å². The Balaban J connectivity index is 0.951. The molecule has 1 aromatic carbocycles. The van der Waals surface area contributed by atoms with E-state index < -0.39 is 55.0 Å². The molecule has 4 atom stereocenters. The van der Waals surface area contributed by atoms with Crippen molar-refractivity contribution in [3.8, 4) is 5.75 Å². The molecule has 5 rings (SSSR count). The van der Waals surface area contributed by atoms with Gasteiger partial charge in [-0.1, -0.05) is 11.6 Å². The summed E-state index contributed by atoms with van der Waals surface area (Å²) in [6.45, 7) is 2.48. The fourth-order valence-corrected chi connectivity index (χ4v) is 7.20. The minimum atomic E-state index is -1.70. The zero-order valence-electron chi connectivity index (χ0n) is 26.9. The minimum absolute atomic E-state index is 0.0328. The van der Waals surface area contributed by atoms with Crippen LogP contribution in [0.1, 0.15) is 44.1 Å². The fraction of sp³-hybridized carbons (Fsp3) is 0.667. The van der Waals surface area contributed by atoms with Crippen molar-refractivity contribution in [3.63, 3.8) is 0 Å². The molecule has 2 aliphatic heterocycles. The van der Waals surface area contributed by atoms with E-state index in [1.165, 1.54) is 17.7 Å². The highest BCUT2D eigenvalue weighted by Crippen LogP contribution is 2.54. The number of piperidine rings is 1. The van der Waals surface area contributed by atoms with Gasteiger partial charge < -0.3 is 45.4 Å². The molecule has 6 N–H and O–H groups in total. The number of carbonyl (C=O) groups is 1. The van der Waals surface area contributed by atoms with Gasteiger partial charge in [0.2, 0.25) is 11.9 Å². The van der Waals surface area contributed by atoms with Crippen molar-refractivity contribution in [1.82, 2.24) is 20.2 Å². The second-order valence-corrected chi connectivity index (χ2v) is 14.1. The number of nitrogens with one attached hydrogen (secondary N) is 1. The Morgan fingerprint density at radius 3 is 2.27 bits per heavy atom. The first kappa shape index (κ1) is 36.6. The minimum Gasteiger partial charge on any atom is -0.493 e. The second kappa shape index (κ2) is 16.3. The topological polar surface area (TPSA) is 172 Å². The van der Waals surface area contributed by atoms with Crippen LogP contribution in [-0.4, -0.2) is 123 Å². The summed E-state index contributed by atoms with van der Waals surface area (Å²) < 4.78 is 35.3. The predicted octanol–water partition coefficient (Wildman–Crippen LogP) is 1.29. The van der Waals surface area contributed by atoms with E-state index in [4.69, 9.17) is 21.4 Å². The average Bonchev–Trinajstić information content (AvgIpc) is 3.04. The number of likely N-dealkylation sites (tertiary alicyclic amines) is 1. The first-order valence-electron chi connectivity index (χ1n) is 16.6. The van der Waals surface area contributed by atoms with Gasteiger partial charge >= 0.3 is 0 Å². The Bertz CT molecular complexity index is 1330. The first-order valence-corrected chi connectivity index (χ1v) is 17.0. The highest BCUT2D eigenvalue weighted by molar-refractivity contribution is 6.30. The third kappa shape index (κ3) is 9.09. The summed E-state index contributed by atoms with van der Waals surface area (Å²) in [5.41, 5.74) is 0.0805. The maximum atomic E-state index is 14.8. The van der Waals surface area contributed by atoms with E-state index in [1.807, 2.05) is 0 Å². The Morgan fingerprint density at radius 2 is 1.65 bits per heavy atom. The molecule has 266 valence electrons. The van der Waals surface area contributed by atoms with E-state index in [1.54, 1.807) is 12.4 Å². The second-order valence-electron chi connectivity index (χ2n) is 13.6. The van der Waals surface area contributed by atoms with E-state index in [-0.39, 0.29) is 23.8 Å². The van der Waals surface area contributed by atoms with Gasteiger partial charge in [-0.05, 0) is 49.9 Å². The van der Waals surface area contributed by atoms with Crippen LogP contribution in [0.4, 0.5) is 14.7 Å². The zero-order valence-corrected chi connectivity index (χ0v) is 27.6. The highest BCUT2D eigenvalue weighted by Gasteiger charge is 2.45. The number of hydrogen-bond donors (Lipinski definition) is 6.